The van der Waals surface area contributed by atoms with Crippen LogP contribution in [0.2, 0.25) is 0 Å². The van der Waals surface area contributed by atoms with Crippen molar-refractivity contribution >= 4 is 23.9 Å². The molecule has 0 bridgehead atoms. The van der Waals surface area contributed by atoms with E-state index in [2.05, 4.69) is 87.7 Å². The number of hydrogen-bond acceptors (Lipinski definition) is 6. The van der Waals surface area contributed by atoms with Crippen LogP contribution in [0.25, 0.3) is 28.2 Å². The Hall–Kier alpha value is -4.97. The molecule has 2 heterocycles. The van der Waals surface area contributed by atoms with Crippen LogP contribution in [0.4, 0.5) is 0 Å². The van der Waals surface area contributed by atoms with Gasteiger partial charge in [0.1, 0.15) is 11.1 Å². The molecular formula is C35H31N5O2S. The number of aryl methyl sites for hydroxylation is 2. The monoisotopic (exact) mass is 585 g/mol. The second kappa shape index (κ2) is 13.8. The van der Waals surface area contributed by atoms with Gasteiger partial charge in [0.05, 0.1) is 35.5 Å². The standard InChI is InChI=1S/C35H31N5O2S/c1-24-14-16-30(17-15-24)40-32(26-10-6-4-7-11-26)19-28(34(40)27-12-8-5-9-13-27)21-37-39-33(41)23-43-35-31(20-36)29(22-42-3)18-25(2)38-35/h4-19,21H,22-23H2,1-3H3,(H,39,41)/b37-21-. The van der Waals surface area contributed by atoms with E-state index in [1.807, 2.05) is 49.4 Å². The number of hydrazone groups is 1. The van der Waals surface area contributed by atoms with E-state index in [-0.39, 0.29) is 11.7 Å². The summed E-state index contributed by atoms with van der Waals surface area (Å²) in [7, 11) is 1.58. The zero-order valence-corrected chi connectivity index (χ0v) is 25.1. The van der Waals surface area contributed by atoms with Crippen molar-refractivity contribution in [2.24, 2.45) is 5.10 Å². The lowest BCUT2D eigenvalue weighted by Crippen LogP contribution is -2.20. The van der Waals surface area contributed by atoms with Crippen LogP contribution in [-0.4, -0.2) is 34.5 Å². The molecule has 1 amide bonds. The number of benzene rings is 3. The molecular weight excluding hydrogens is 554 g/mol. The lowest BCUT2D eigenvalue weighted by atomic mass is 10.1. The average molecular weight is 586 g/mol. The van der Waals surface area contributed by atoms with E-state index in [0.29, 0.717) is 17.2 Å². The van der Waals surface area contributed by atoms with Gasteiger partial charge in [-0.2, -0.15) is 10.4 Å². The molecule has 0 fully saturated rings. The van der Waals surface area contributed by atoms with Crippen LogP contribution in [0.5, 0.6) is 0 Å². The SMILES string of the molecule is COCc1cc(C)nc(SCC(=O)N/N=C\c2cc(-c3ccccc3)n(-c3ccc(C)cc3)c2-c2ccccc2)c1C#N. The minimum atomic E-state index is -0.302. The van der Waals surface area contributed by atoms with E-state index >= 15 is 0 Å². The van der Waals surface area contributed by atoms with Gasteiger partial charge < -0.3 is 9.30 Å². The molecule has 2 aromatic heterocycles. The number of ether oxygens (including phenoxy) is 1. The number of hydrogen-bond donors (Lipinski definition) is 1. The third-order valence-electron chi connectivity index (χ3n) is 6.78. The Balaban J connectivity index is 1.46. The molecule has 0 aliphatic rings. The predicted octanol–water partition coefficient (Wildman–Crippen LogP) is 7.08. The zero-order valence-electron chi connectivity index (χ0n) is 24.2. The number of rotatable bonds is 10. The third kappa shape index (κ3) is 6.92. The molecule has 0 unspecified atom stereocenters. The van der Waals surface area contributed by atoms with Crippen LogP contribution in [0.15, 0.2) is 107 Å². The average Bonchev–Trinajstić information content (AvgIpc) is 3.40. The minimum Gasteiger partial charge on any atom is -0.380 e. The van der Waals surface area contributed by atoms with Crippen molar-refractivity contribution < 1.29 is 9.53 Å². The lowest BCUT2D eigenvalue weighted by molar-refractivity contribution is -0.118. The normalized spacial score (nSPS) is 11.0. The third-order valence-corrected chi connectivity index (χ3v) is 7.75. The molecule has 43 heavy (non-hydrogen) atoms. The number of nitriles is 1. The van der Waals surface area contributed by atoms with Crippen LogP contribution in [0, 0.1) is 25.2 Å². The first kappa shape index (κ1) is 29.5. The molecule has 0 radical (unpaired) electrons. The van der Waals surface area contributed by atoms with Gasteiger partial charge >= 0.3 is 0 Å². The van der Waals surface area contributed by atoms with Crippen LogP contribution in [0.1, 0.15) is 27.9 Å². The van der Waals surface area contributed by atoms with Gasteiger partial charge in [-0.1, -0.05) is 90.1 Å². The van der Waals surface area contributed by atoms with Gasteiger partial charge in [-0.3, -0.25) is 4.79 Å². The highest BCUT2D eigenvalue weighted by Crippen LogP contribution is 2.35. The largest absolute Gasteiger partial charge is 0.380 e. The topological polar surface area (TPSA) is 92.3 Å². The molecule has 214 valence electrons. The molecule has 0 atom stereocenters. The Morgan fingerprint density at radius 1 is 1.00 bits per heavy atom. The van der Waals surface area contributed by atoms with Crippen LogP contribution < -0.4 is 5.43 Å². The van der Waals surface area contributed by atoms with Crippen LogP contribution in [0.3, 0.4) is 0 Å². The number of amides is 1. The Morgan fingerprint density at radius 3 is 2.33 bits per heavy atom. The van der Waals surface area contributed by atoms with E-state index in [1.165, 1.54) is 17.3 Å². The second-order valence-corrected chi connectivity index (χ2v) is 10.9. The van der Waals surface area contributed by atoms with Crippen molar-refractivity contribution in [3.05, 3.63) is 125 Å². The van der Waals surface area contributed by atoms with E-state index in [0.717, 1.165) is 45.0 Å². The van der Waals surface area contributed by atoms with Crippen molar-refractivity contribution in [1.82, 2.24) is 15.0 Å². The molecule has 3 aromatic carbocycles. The Kier molecular flexibility index (Phi) is 9.47. The summed E-state index contributed by atoms with van der Waals surface area (Å²) >= 11 is 1.20. The fourth-order valence-corrected chi connectivity index (χ4v) is 5.71. The van der Waals surface area contributed by atoms with Crippen molar-refractivity contribution in [2.45, 2.75) is 25.5 Å². The Morgan fingerprint density at radius 2 is 1.67 bits per heavy atom. The Labute approximate surface area is 255 Å². The molecule has 8 heteroatoms. The number of methoxy groups -OCH3 is 1. The molecule has 0 aliphatic heterocycles. The maximum Gasteiger partial charge on any atom is 0.250 e. The summed E-state index contributed by atoms with van der Waals surface area (Å²) in [6.07, 6.45) is 1.68. The maximum absolute atomic E-state index is 12.8. The molecule has 0 saturated carbocycles. The van der Waals surface area contributed by atoms with Gasteiger partial charge in [0.2, 0.25) is 5.91 Å². The molecule has 7 nitrogen and oxygen atoms in total. The highest BCUT2D eigenvalue weighted by Gasteiger charge is 2.19. The summed E-state index contributed by atoms with van der Waals surface area (Å²) in [6.45, 7) is 4.22. The van der Waals surface area contributed by atoms with Crippen molar-refractivity contribution in [3.63, 3.8) is 0 Å². The van der Waals surface area contributed by atoms with Gasteiger partial charge in [-0.15, -0.1) is 0 Å². The quantitative estimate of drug-likeness (QED) is 0.107. The number of aromatic nitrogens is 2. The summed E-state index contributed by atoms with van der Waals surface area (Å²) in [4.78, 5) is 17.3. The predicted molar refractivity (Wildman–Crippen MR) is 172 cm³/mol. The van der Waals surface area contributed by atoms with E-state index in [4.69, 9.17) is 4.74 Å². The highest BCUT2D eigenvalue weighted by molar-refractivity contribution is 8.00. The Bertz CT molecular complexity index is 1790. The van der Waals surface area contributed by atoms with E-state index in [1.54, 1.807) is 13.3 Å². The number of pyridine rings is 1. The van der Waals surface area contributed by atoms with Gasteiger partial charge in [-0.05, 0) is 54.8 Å². The van der Waals surface area contributed by atoms with E-state index < -0.39 is 0 Å². The summed E-state index contributed by atoms with van der Waals surface area (Å²) in [5.74, 6) is -0.246. The van der Waals surface area contributed by atoms with Crippen molar-refractivity contribution in [2.75, 3.05) is 12.9 Å². The number of carbonyl (C=O) groups excluding carboxylic acids is 1. The molecule has 5 aromatic rings. The van der Waals surface area contributed by atoms with Gasteiger partial charge in [0, 0.05) is 24.1 Å². The summed E-state index contributed by atoms with van der Waals surface area (Å²) in [5.41, 5.74) is 11.7. The lowest BCUT2D eigenvalue weighted by Gasteiger charge is -2.15. The fourth-order valence-electron chi connectivity index (χ4n) is 4.85. The summed E-state index contributed by atoms with van der Waals surface area (Å²) in [6, 6.07) is 34.9. The number of nitrogens with one attached hydrogen (secondary N) is 1. The zero-order chi connectivity index (χ0) is 30.2. The molecule has 0 saturated heterocycles. The first-order chi connectivity index (χ1) is 21.0. The smallest absolute Gasteiger partial charge is 0.250 e. The van der Waals surface area contributed by atoms with Crippen molar-refractivity contribution in [1.29, 1.82) is 5.26 Å². The van der Waals surface area contributed by atoms with Gasteiger partial charge in [0.25, 0.3) is 0 Å². The molecule has 1 N–H and O–H groups in total. The van der Waals surface area contributed by atoms with Gasteiger partial charge in [-0.25, -0.2) is 10.4 Å². The molecule has 0 spiro atoms. The van der Waals surface area contributed by atoms with Crippen LogP contribution >= 0.6 is 11.8 Å². The molecule has 5 rings (SSSR count). The first-order valence-electron chi connectivity index (χ1n) is 13.8. The van der Waals surface area contributed by atoms with Crippen LogP contribution in [-0.2, 0) is 16.1 Å². The number of nitrogens with zero attached hydrogens (tertiary/aromatic N) is 4. The summed E-state index contributed by atoms with van der Waals surface area (Å²) < 4.78 is 7.46. The fraction of sp³-hybridized carbons (Fsp3) is 0.143. The maximum atomic E-state index is 12.8. The number of carbonyl (C=O) groups is 1. The first-order valence-corrected chi connectivity index (χ1v) is 14.7. The van der Waals surface area contributed by atoms with Gasteiger partial charge in [0.15, 0.2) is 0 Å². The number of thioether (sulfide) groups is 1. The van der Waals surface area contributed by atoms with Crippen molar-refractivity contribution in [3.8, 4) is 34.3 Å². The minimum absolute atomic E-state index is 0.0556. The highest BCUT2D eigenvalue weighted by atomic mass is 32.2. The second-order valence-electron chi connectivity index (χ2n) is 9.97. The van der Waals surface area contributed by atoms with E-state index in [9.17, 15) is 10.1 Å². The molecule has 0 aliphatic carbocycles. The summed E-state index contributed by atoms with van der Waals surface area (Å²) in [5, 5.41) is 14.5.